The lowest BCUT2D eigenvalue weighted by molar-refractivity contribution is -0.216. The monoisotopic (exact) mass is 494 g/mol. The lowest BCUT2D eigenvalue weighted by Gasteiger charge is -2.51. The third-order valence-corrected chi connectivity index (χ3v) is 7.12. The van der Waals surface area contributed by atoms with Crippen LogP contribution in [0.1, 0.15) is 35.2 Å². The third kappa shape index (κ3) is 5.55. The molecular formula is C25H26ClF3N2O3. The van der Waals surface area contributed by atoms with Gasteiger partial charge in [0.25, 0.3) is 5.91 Å². The van der Waals surface area contributed by atoms with Crippen molar-refractivity contribution in [3.05, 3.63) is 70.7 Å². The number of hydrogen-bond acceptors (Lipinski definition) is 4. The quantitative estimate of drug-likeness (QED) is 0.565. The lowest BCUT2D eigenvalue weighted by atomic mass is 9.69. The van der Waals surface area contributed by atoms with Gasteiger partial charge in [-0.2, -0.15) is 13.2 Å². The van der Waals surface area contributed by atoms with E-state index >= 15 is 0 Å². The predicted octanol–water partition coefficient (Wildman–Crippen LogP) is 4.94. The van der Waals surface area contributed by atoms with Crippen LogP contribution in [0, 0.1) is 5.41 Å². The van der Waals surface area contributed by atoms with Gasteiger partial charge in [0.15, 0.2) is 0 Å². The van der Waals surface area contributed by atoms with E-state index in [9.17, 15) is 22.8 Å². The molecule has 0 N–H and O–H groups in total. The summed E-state index contributed by atoms with van der Waals surface area (Å²) in [5.74, 6) is -2.48. The standard InChI is InChI=1S/C25H26ClF3N2O3/c26-20-8-4-5-18(15-20)16-30-12-9-24(10-13-30)11-14-31(22(32)19-6-2-1-3-7-19)17-21(24)34-23(33)25(27,28)29/h1-8,15,21H,9-14,16-17H2. The van der Waals surface area contributed by atoms with Gasteiger partial charge in [0.05, 0.1) is 6.54 Å². The Bertz CT molecular complexity index is 1020. The van der Waals surface area contributed by atoms with Gasteiger partial charge < -0.3 is 9.64 Å². The summed E-state index contributed by atoms with van der Waals surface area (Å²) in [6, 6.07) is 16.1. The van der Waals surface area contributed by atoms with Crippen molar-refractivity contribution in [2.75, 3.05) is 26.2 Å². The highest BCUT2D eigenvalue weighted by Gasteiger charge is 2.51. The Morgan fingerprint density at radius 1 is 1.00 bits per heavy atom. The molecule has 0 radical (unpaired) electrons. The van der Waals surface area contributed by atoms with Gasteiger partial charge >= 0.3 is 12.1 Å². The van der Waals surface area contributed by atoms with Gasteiger partial charge in [-0.05, 0) is 62.2 Å². The minimum Gasteiger partial charge on any atom is -0.453 e. The Kier molecular flexibility index (Phi) is 7.19. The molecule has 9 heteroatoms. The number of rotatable bonds is 4. The summed E-state index contributed by atoms with van der Waals surface area (Å²) >= 11 is 6.08. The molecule has 2 saturated heterocycles. The van der Waals surface area contributed by atoms with Crippen LogP contribution in [0.5, 0.6) is 0 Å². The van der Waals surface area contributed by atoms with E-state index in [-0.39, 0.29) is 12.5 Å². The second-order valence-corrected chi connectivity index (χ2v) is 9.46. The Morgan fingerprint density at radius 3 is 2.32 bits per heavy atom. The largest absolute Gasteiger partial charge is 0.490 e. The van der Waals surface area contributed by atoms with Gasteiger partial charge in [0.1, 0.15) is 6.10 Å². The average molecular weight is 495 g/mol. The Morgan fingerprint density at radius 2 is 1.68 bits per heavy atom. The minimum absolute atomic E-state index is 0.0517. The molecule has 1 unspecified atom stereocenters. The summed E-state index contributed by atoms with van der Waals surface area (Å²) in [5, 5.41) is 0.653. The average Bonchev–Trinajstić information content (AvgIpc) is 2.81. The van der Waals surface area contributed by atoms with Crippen molar-refractivity contribution in [3.8, 4) is 0 Å². The molecule has 0 bridgehead atoms. The summed E-state index contributed by atoms with van der Waals surface area (Å²) in [6.45, 7) is 2.34. The summed E-state index contributed by atoms with van der Waals surface area (Å²) in [4.78, 5) is 28.4. The topological polar surface area (TPSA) is 49.9 Å². The first kappa shape index (κ1) is 24.5. The normalized spacial score (nSPS) is 20.8. The molecule has 1 atom stereocenters. The van der Waals surface area contributed by atoms with Crippen molar-refractivity contribution in [1.82, 2.24) is 9.80 Å². The molecule has 5 nitrogen and oxygen atoms in total. The fraction of sp³-hybridized carbons (Fsp3) is 0.440. The third-order valence-electron chi connectivity index (χ3n) is 6.88. The van der Waals surface area contributed by atoms with Crippen LogP contribution in [0.2, 0.25) is 5.02 Å². The molecule has 2 aliphatic heterocycles. The van der Waals surface area contributed by atoms with E-state index in [1.54, 1.807) is 36.4 Å². The van der Waals surface area contributed by atoms with Crippen molar-refractivity contribution in [2.45, 2.75) is 38.1 Å². The molecule has 0 saturated carbocycles. The van der Waals surface area contributed by atoms with Gasteiger partial charge in [-0.15, -0.1) is 0 Å². The van der Waals surface area contributed by atoms with Crippen LogP contribution in [-0.4, -0.2) is 60.1 Å². The van der Waals surface area contributed by atoms with Crippen molar-refractivity contribution >= 4 is 23.5 Å². The number of halogens is 4. The molecule has 2 aromatic rings. The van der Waals surface area contributed by atoms with Crippen molar-refractivity contribution in [3.63, 3.8) is 0 Å². The highest BCUT2D eigenvalue weighted by Crippen LogP contribution is 2.44. The molecule has 34 heavy (non-hydrogen) atoms. The van der Waals surface area contributed by atoms with E-state index in [4.69, 9.17) is 16.3 Å². The maximum atomic E-state index is 13.0. The van der Waals surface area contributed by atoms with Crippen LogP contribution in [-0.2, 0) is 16.1 Å². The molecule has 1 spiro atoms. The van der Waals surface area contributed by atoms with Gasteiger partial charge in [-0.1, -0.05) is 41.9 Å². The smallest absolute Gasteiger partial charge is 0.453 e. The summed E-state index contributed by atoms with van der Waals surface area (Å²) in [6.07, 6.45) is -4.46. The summed E-state index contributed by atoms with van der Waals surface area (Å²) in [7, 11) is 0. The van der Waals surface area contributed by atoms with E-state index in [2.05, 4.69) is 4.90 Å². The van der Waals surface area contributed by atoms with Crippen LogP contribution < -0.4 is 0 Å². The number of alkyl halides is 3. The molecule has 2 aromatic carbocycles. The maximum Gasteiger partial charge on any atom is 0.490 e. The number of hydrogen-bond donors (Lipinski definition) is 0. The lowest BCUT2D eigenvalue weighted by Crippen LogP contribution is -2.58. The number of carbonyl (C=O) groups is 2. The zero-order valence-corrected chi connectivity index (χ0v) is 19.3. The molecule has 2 heterocycles. The molecule has 1 amide bonds. The van der Waals surface area contributed by atoms with Crippen LogP contribution in [0.4, 0.5) is 13.2 Å². The van der Waals surface area contributed by atoms with Crippen molar-refractivity contribution < 1.29 is 27.5 Å². The van der Waals surface area contributed by atoms with Gasteiger partial charge in [-0.25, -0.2) is 4.79 Å². The number of esters is 1. The molecule has 0 aliphatic carbocycles. The zero-order chi connectivity index (χ0) is 24.3. The zero-order valence-electron chi connectivity index (χ0n) is 18.6. The van der Waals surface area contributed by atoms with Crippen LogP contribution >= 0.6 is 11.6 Å². The Labute approximate surface area is 201 Å². The molecule has 0 aromatic heterocycles. The van der Waals surface area contributed by atoms with E-state index in [0.717, 1.165) is 5.56 Å². The Balaban J connectivity index is 1.48. The summed E-state index contributed by atoms with van der Waals surface area (Å²) in [5.41, 5.74) is 0.918. The SMILES string of the molecule is O=C(c1ccccc1)N1CCC2(CCN(Cc3cccc(Cl)c3)CC2)C(OC(=O)C(F)(F)F)C1. The number of ether oxygens (including phenoxy) is 1. The Hall–Kier alpha value is -2.58. The number of benzene rings is 2. The van der Waals surface area contributed by atoms with E-state index in [0.29, 0.717) is 56.0 Å². The highest BCUT2D eigenvalue weighted by atomic mass is 35.5. The van der Waals surface area contributed by atoms with Gasteiger partial charge in [-0.3, -0.25) is 9.69 Å². The van der Waals surface area contributed by atoms with Crippen molar-refractivity contribution in [1.29, 1.82) is 0 Å². The van der Waals surface area contributed by atoms with Crippen LogP contribution in [0.3, 0.4) is 0 Å². The fourth-order valence-corrected chi connectivity index (χ4v) is 5.14. The first-order valence-corrected chi connectivity index (χ1v) is 11.6. The van der Waals surface area contributed by atoms with Crippen LogP contribution in [0.15, 0.2) is 54.6 Å². The molecular weight excluding hydrogens is 469 g/mol. The van der Waals surface area contributed by atoms with Gasteiger partial charge in [0.2, 0.25) is 0 Å². The van der Waals surface area contributed by atoms with E-state index in [1.807, 2.05) is 18.2 Å². The number of likely N-dealkylation sites (tertiary alicyclic amines) is 2. The fourth-order valence-electron chi connectivity index (χ4n) is 4.93. The molecule has 4 rings (SSSR count). The molecule has 182 valence electrons. The van der Waals surface area contributed by atoms with Crippen LogP contribution in [0.25, 0.3) is 0 Å². The second kappa shape index (κ2) is 9.96. The predicted molar refractivity (Wildman–Crippen MR) is 121 cm³/mol. The number of carbonyl (C=O) groups excluding carboxylic acids is 2. The minimum atomic E-state index is -5.08. The number of nitrogens with zero attached hydrogens (tertiary/aromatic N) is 2. The molecule has 2 fully saturated rings. The highest BCUT2D eigenvalue weighted by molar-refractivity contribution is 6.30. The molecule has 2 aliphatic rings. The first-order chi connectivity index (χ1) is 16.2. The number of amides is 1. The summed E-state index contributed by atoms with van der Waals surface area (Å²) < 4.78 is 44.2. The van der Waals surface area contributed by atoms with Crippen molar-refractivity contribution in [2.24, 2.45) is 5.41 Å². The number of piperidine rings is 2. The first-order valence-electron chi connectivity index (χ1n) is 11.3. The van der Waals surface area contributed by atoms with Gasteiger partial charge in [0, 0.05) is 29.1 Å². The van der Waals surface area contributed by atoms with E-state index < -0.39 is 23.7 Å². The maximum absolute atomic E-state index is 13.0. The van der Waals surface area contributed by atoms with E-state index in [1.165, 1.54) is 4.90 Å². The second-order valence-electron chi connectivity index (χ2n) is 9.03.